The lowest BCUT2D eigenvalue weighted by Crippen LogP contribution is -2.30. The van der Waals surface area contributed by atoms with Gasteiger partial charge in [-0.2, -0.15) is 0 Å². The van der Waals surface area contributed by atoms with Crippen molar-refractivity contribution in [2.24, 2.45) is 0 Å². The minimum Gasteiger partial charge on any atom is -0.462 e. The second-order valence-electron chi connectivity index (χ2n) is 19.9. The molecule has 0 amide bonds. The van der Waals surface area contributed by atoms with E-state index in [1.165, 1.54) is 116 Å². The number of carbonyl (C=O) groups excluding carboxylic acids is 3. The molecule has 1 atom stereocenters. The van der Waals surface area contributed by atoms with Crippen LogP contribution < -0.4 is 0 Å². The highest BCUT2D eigenvalue weighted by atomic mass is 16.6. The fourth-order valence-corrected chi connectivity index (χ4v) is 8.22. The summed E-state index contributed by atoms with van der Waals surface area (Å²) in [5.74, 6) is -0.901. The van der Waals surface area contributed by atoms with Gasteiger partial charge in [0.25, 0.3) is 0 Å². The van der Waals surface area contributed by atoms with E-state index >= 15 is 0 Å². The number of hydrogen-bond donors (Lipinski definition) is 0. The SMILES string of the molecule is CC/C=C\C/C=C\C/C=C\C/C=C\C/C=C\C/C=C\C/C=C\CCCCCCCCCCCC(=O)OCC(COC(=O)CCCCCCCCC)OC(=O)CCCCCCCCC/C=C\C/C=C\CCCCC. The standard InChI is InChI=1S/C67H112O6/c1-4-7-10-13-16-18-20-22-24-26-27-28-29-30-31-32-33-34-35-36-37-38-39-41-42-44-46-48-51-54-57-60-66(69)72-63-64(62-71-65(68)59-56-53-50-15-12-9-6-3)73-67(70)61-58-55-52-49-47-45-43-40-25-23-21-19-17-14-11-8-5-2/h7,10,16-19,22-25,27-28,30-31,33-34,36-37,64H,4-6,8-9,11-15,20-21,26,29,32,35,38-63H2,1-3H3/b10-7-,18-16-,19-17-,24-22-,25-23-,28-27-,31-30-,34-33-,37-36-. The van der Waals surface area contributed by atoms with E-state index in [1.807, 2.05) is 0 Å². The minimum atomic E-state index is -0.783. The molecule has 0 aliphatic heterocycles. The van der Waals surface area contributed by atoms with E-state index in [0.29, 0.717) is 19.3 Å². The van der Waals surface area contributed by atoms with Gasteiger partial charge in [-0.25, -0.2) is 0 Å². The van der Waals surface area contributed by atoms with Crippen molar-refractivity contribution in [2.45, 2.75) is 284 Å². The number of unbranched alkanes of at least 4 members (excludes halogenated alkanes) is 25. The molecule has 0 aliphatic rings. The Kier molecular flexibility index (Phi) is 57.4. The molecule has 0 aromatic carbocycles. The molecule has 0 radical (unpaired) electrons. The molecule has 0 aromatic heterocycles. The first-order valence-corrected chi connectivity index (χ1v) is 30.4. The largest absolute Gasteiger partial charge is 0.462 e. The third kappa shape index (κ3) is 58.8. The van der Waals surface area contributed by atoms with Gasteiger partial charge in [0.2, 0.25) is 0 Å². The summed E-state index contributed by atoms with van der Waals surface area (Å²) in [6, 6.07) is 0. The molecule has 0 spiro atoms. The Morgan fingerprint density at radius 2 is 0.534 bits per heavy atom. The summed E-state index contributed by atoms with van der Waals surface area (Å²) < 4.78 is 16.8. The summed E-state index contributed by atoms with van der Waals surface area (Å²) in [6.45, 7) is 6.45. The second-order valence-corrected chi connectivity index (χ2v) is 19.9. The second kappa shape index (κ2) is 60.6. The van der Waals surface area contributed by atoms with Crippen LogP contribution in [-0.4, -0.2) is 37.2 Å². The molecular formula is C67H112O6. The van der Waals surface area contributed by atoms with Gasteiger partial charge in [0.15, 0.2) is 6.10 Å². The number of carbonyl (C=O) groups is 3. The molecule has 1 unspecified atom stereocenters. The minimum absolute atomic E-state index is 0.0823. The van der Waals surface area contributed by atoms with E-state index in [2.05, 4.69) is 130 Å². The molecule has 0 N–H and O–H groups in total. The van der Waals surface area contributed by atoms with Gasteiger partial charge in [-0.15, -0.1) is 0 Å². The van der Waals surface area contributed by atoms with E-state index in [-0.39, 0.29) is 31.1 Å². The van der Waals surface area contributed by atoms with Crippen LogP contribution in [0.3, 0.4) is 0 Å². The summed E-state index contributed by atoms with van der Waals surface area (Å²) in [6.07, 6.45) is 82.5. The zero-order valence-electron chi connectivity index (χ0n) is 47.6. The molecule has 0 heterocycles. The monoisotopic (exact) mass is 1010 g/mol. The Balaban J connectivity index is 4.16. The molecule has 0 bridgehead atoms. The van der Waals surface area contributed by atoms with Crippen molar-refractivity contribution < 1.29 is 28.6 Å². The summed E-state index contributed by atoms with van der Waals surface area (Å²) in [5.41, 5.74) is 0. The van der Waals surface area contributed by atoms with E-state index in [0.717, 1.165) is 122 Å². The van der Waals surface area contributed by atoms with Crippen molar-refractivity contribution >= 4 is 17.9 Å². The van der Waals surface area contributed by atoms with Crippen LogP contribution in [-0.2, 0) is 28.6 Å². The first kappa shape index (κ1) is 69.1. The Labute approximate surface area is 450 Å². The molecule has 0 aliphatic carbocycles. The predicted octanol–water partition coefficient (Wildman–Crippen LogP) is 20.7. The Morgan fingerprint density at radius 1 is 0.288 bits per heavy atom. The van der Waals surface area contributed by atoms with E-state index < -0.39 is 6.10 Å². The molecule has 73 heavy (non-hydrogen) atoms. The topological polar surface area (TPSA) is 78.9 Å². The first-order chi connectivity index (χ1) is 36.0. The normalized spacial score (nSPS) is 12.9. The Morgan fingerprint density at radius 3 is 0.863 bits per heavy atom. The third-order valence-corrected chi connectivity index (χ3v) is 12.8. The summed E-state index contributed by atoms with van der Waals surface area (Å²) in [5, 5.41) is 0. The lowest BCUT2D eigenvalue weighted by Gasteiger charge is -2.18. The Bertz CT molecular complexity index is 1490. The molecule has 0 saturated heterocycles. The van der Waals surface area contributed by atoms with Crippen molar-refractivity contribution in [3.05, 3.63) is 109 Å². The highest BCUT2D eigenvalue weighted by Gasteiger charge is 2.19. The number of ether oxygens (including phenoxy) is 3. The summed E-state index contributed by atoms with van der Waals surface area (Å²) in [4.78, 5) is 38.0. The van der Waals surface area contributed by atoms with Crippen LogP contribution in [0.1, 0.15) is 278 Å². The van der Waals surface area contributed by atoms with Crippen LogP contribution >= 0.6 is 0 Å². The van der Waals surface area contributed by atoms with Crippen molar-refractivity contribution in [2.75, 3.05) is 13.2 Å². The van der Waals surface area contributed by atoms with Gasteiger partial charge < -0.3 is 14.2 Å². The van der Waals surface area contributed by atoms with Crippen LogP contribution in [0.5, 0.6) is 0 Å². The molecule has 6 nitrogen and oxygen atoms in total. The zero-order chi connectivity index (χ0) is 52.9. The smallest absolute Gasteiger partial charge is 0.306 e. The lowest BCUT2D eigenvalue weighted by atomic mass is 10.1. The highest BCUT2D eigenvalue weighted by Crippen LogP contribution is 2.15. The number of hydrogen-bond acceptors (Lipinski definition) is 6. The van der Waals surface area contributed by atoms with Gasteiger partial charge in [0.05, 0.1) is 0 Å². The molecule has 416 valence electrons. The zero-order valence-corrected chi connectivity index (χ0v) is 47.6. The first-order valence-electron chi connectivity index (χ1n) is 30.4. The van der Waals surface area contributed by atoms with Crippen molar-refractivity contribution in [3.8, 4) is 0 Å². The van der Waals surface area contributed by atoms with E-state index in [9.17, 15) is 14.4 Å². The van der Waals surface area contributed by atoms with E-state index in [4.69, 9.17) is 14.2 Å². The number of esters is 3. The van der Waals surface area contributed by atoms with Gasteiger partial charge >= 0.3 is 17.9 Å². The fraction of sp³-hybridized carbons (Fsp3) is 0.687. The molecule has 0 saturated carbocycles. The van der Waals surface area contributed by atoms with Crippen LogP contribution in [0.4, 0.5) is 0 Å². The van der Waals surface area contributed by atoms with Gasteiger partial charge in [-0.05, 0) is 109 Å². The maximum Gasteiger partial charge on any atom is 0.306 e. The Hall–Kier alpha value is -3.93. The average molecular weight is 1010 g/mol. The maximum absolute atomic E-state index is 12.8. The van der Waals surface area contributed by atoms with Crippen LogP contribution in [0.2, 0.25) is 0 Å². The van der Waals surface area contributed by atoms with Crippen molar-refractivity contribution in [1.29, 1.82) is 0 Å². The van der Waals surface area contributed by atoms with Gasteiger partial charge in [0.1, 0.15) is 13.2 Å². The van der Waals surface area contributed by atoms with Gasteiger partial charge in [-0.1, -0.05) is 259 Å². The third-order valence-electron chi connectivity index (χ3n) is 12.8. The number of rotatable bonds is 54. The number of allylic oxidation sites excluding steroid dienone is 18. The summed E-state index contributed by atoms with van der Waals surface area (Å²) >= 11 is 0. The van der Waals surface area contributed by atoms with Crippen LogP contribution in [0, 0.1) is 0 Å². The summed E-state index contributed by atoms with van der Waals surface area (Å²) in [7, 11) is 0. The molecule has 0 aromatic rings. The van der Waals surface area contributed by atoms with Crippen LogP contribution in [0.25, 0.3) is 0 Å². The molecular weight excluding hydrogens is 901 g/mol. The van der Waals surface area contributed by atoms with Gasteiger partial charge in [-0.3, -0.25) is 14.4 Å². The quantitative estimate of drug-likeness (QED) is 0.0261. The lowest BCUT2D eigenvalue weighted by molar-refractivity contribution is -0.167. The van der Waals surface area contributed by atoms with E-state index in [1.54, 1.807) is 0 Å². The molecule has 6 heteroatoms. The van der Waals surface area contributed by atoms with Crippen molar-refractivity contribution in [1.82, 2.24) is 0 Å². The fourth-order valence-electron chi connectivity index (χ4n) is 8.22. The van der Waals surface area contributed by atoms with Gasteiger partial charge in [0, 0.05) is 19.3 Å². The van der Waals surface area contributed by atoms with Crippen LogP contribution in [0.15, 0.2) is 109 Å². The highest BCUT2D eigenvalue weighted by molar-refractivity contribution is 5.71. The predicted molar refractivity (Wildman–Crippen MR) is 316 cm³/mol. The van der Waals surface area contributed by atoms with Crippen molar-refractivity contribution in [3.63, 3.8) is 0 Å². The maximum atomic E-state index is 12.8. The average Bonchev–Trinajstić information content (AvgIpc) is 3.39. The molecule has 0 rings (SSSR count). The molecule has 0 fully saturated rings.